The Hall–Kier alpha value is -3.47. The van der Waals surface area contributed by atoms with Crippen LogP contribution in [0.3, 0.4) is 0 Å². The molecular formula is C19H13N3O2. The van der Waals surface area contributed by atoms with E-state index in [4.69, 9.17) is 0 Å². The van der Waals surface area contributed by atoms with Crippen LogP contribution in [0.15, 0.2) is 60.9 Å². The molecule has 24 heavy (non-hydrogen) atoms. The Balaban J connectivity index is 1.66. The molecule has 2 aromatic heterocycles. The predicted octanol–water partition coefficient (Wildman–Crippen LogP) is 4.79. The number of pyridine rings is 1. The molecule has 0 amide bonds. The molecule has 0 aliphatic rings. The molecule has 116 valence electrons. The van der Waals surface area contributed by atoms with Gasteiger partial charge in [0.15, 0.2) is 0 Å². The SMILES string of the molecule is O=[N+]([O-])c1ccc(/C=C/c2ccc3c(c2)[nH]c2ccncc23)cc1. The van der Waals surface area contributed by atoms with Gasteiger partial charge in [-0.05, 0) is 35.4 Å². The molecule has 4 aromatic rings. The first kappa shape index (κ1) is 14.1. The zero-order chi connectivity index (χ0) is 16.5. The summed E-state index contributed by atoms with van der Waals surface area (Å²) in [5, 5.41) is 12.9. The fourth-order valence-corrected chi connectivity index (χ4v) is 2.77. The third kappa shape index (κ3) is 2.52. The lowest BCUT2D eigenvalue weighted by Gasteiger charge is -1.96. The molecule has 0 saturated carbocycles. The lowest BCUT2D eigenvalue weighted by molar-refractivity contribution is -0.384. The number of hydrogen-bond donors (Lipinski definition) is 1. The lowest BCUT2D eigenvalue weighted by Crippen LogP contribution is -1.86. The van der Waals surface area contributed by atoms with Crippen molar-refractivity contribution in [2.45, 2.75) is 0 Å². The van der Waals surface area contributed by atoms with Gasteiger partial charge in [0.05, 0.1) is 4.92 Å². The maximum atomic E-state index is 10.7. The molecule has 0 aliphatic heterocycles. The van der Waals surface area contributed by atoms with E-state index in [1.807, 2.05) is 30.5 Å². The fourth-order valence-electron chi connectivity index (χ4n) is 2.77. The van der Waals surface area contributed by atoms with Crippen LogP contribution < -0.4 is 0 Å². The summed E-state index contributed by atoms with van der Waals surface area (Å²) in [6.45, 7) is 0. The molecular weight excluding hydrogens is 302 g/mol. The van der Waals surface area contributed by atoms with E-state index in [1.54, 1.807) is 18.3 Å². The van der Waals surface area contributed by atoms with Gasteiger partial charge in [0.25, 0.3) is 5.69 Å². The van der Waals surface area contributed by atoms with E-state index in [1.165, 1.54) is 12.1 Å². The molecule has 0 atom stereocenters. The maximum Gasteiger partial charge on any atom is 0.269 e. The first-order valence-electron chi connectivity index (χ1n) is 7.49. The van der Waals surface area contributed by atoms with Crippen molar-refractivity contribution in [3.63, 3.8) is 0 Å². The van der Waals surface area contributed by atoms with Gasteiger partial charge in [-0.15, -0.1) is 0 Å². The Bertz CT molecular complexity index is 1080. The smallest absolute Gasteiger partial charge is 0.269 e. The molecule has 0 unspecified atom stereocenters. The van der Waals surface area contributed by atoms with Gasteiger partial charge in [-0.25, -0.2) is 0 Å². The number of aromatic nitrogens is 2. The third-order valence-electron chi connectivity index (χ3n) is 4.00. The van der Waals surface area contributed by atoms with Crippen LogP contribution in [-0.4, -0.2) is 14.9 Å². The van der Waals surface area contributed by atoms with Crippen molar-refractivity contribution in [3.8, 4) is 0 Å². The second-order valence-corrected chi connectivity index (χ2v) is 5.53. The standard InChI is InChI=1S/C19H13N3O2/c23-22(24)15-6-3-13(4-7-15)1-2-14-5-8-16-17-12-20-10-9-18(17)21-19(16)11-14/h1-12,21H/b2-1+. The number of nitro groups is 1. The normalized spacial score (nSPS) is 11.5. The first-order chi connectivity index (χ1) is 11.7. The highest BCUT2D eigenvalue weighted by atomic mass is 16.6. The molecule has 5 heteroatoms. The summed E-state index contributed by atoms with van der Waals surface area (Å²) in [4.78, 5) is 17.8. The second kappa shape index (κ2) is 5.62. The monoisotopic (exact) mass is 315 g/mol. The summed E-state index contributed by atoms with van der Waals surface area (Å²) in [5.74, 6) is 0. The van der Waals surface area contributed by atoms with E-state index < -0.39 is 4.92 Å². The van der Waals surface area contributed by atoms with Gasteiger partial charge in [0.2, 0.25) is 0 Å². The minimum atomic E-state index is -0.397. The van der Waals surface area contributed by atoms with Crippen LogP contribution >= 0.6 is 0 Å². The zero-order valence-corrected chi connectivity index (χ0v) is 12.6. The van der Waals surface area contributed by atoms with Crippen molar-refractivity contribution < 1.29 is 4.92 Å². The zero-order valence-electron chi connectivity index (χ0n) is 12.6. The van der Waals surface area contributed by atoms with E-state index in [0.717, 1.165) is 32.9 Å². The van der Waals surface area contributed by atoms with Crippen LogP contribution in [0.25, 0.3) is 34.0 Å². The molecule has 4 rings (SSSR count). The van der Waals surface area contributed by atoms with Crippen LogP contribution in [0, 0.1) is 10.1 Å². The summed E-state index contributed by atoms with van der Waals surface area (Å²) in [5.41, 5.74) is 4.20. The minimum Gasteiger partial charge on any atom is -0.354 e. The number of benzene rings is 2. The molecule has 0 fully saturated rings. The van der Waals surface area contributed by atoms with Crippen LogP contribution in [0.4, 0.5) is 5.69 Å². The second-order valence-electron chi connectivity index (χ2n) is 5.53. The highest BCUT2D eigenvalue weighted by Gasteiger charge is 2.04. The van der Waals surface area contributed by atoms with Crippen molar-refractivity contribution >= 4 is 39.6 Å². The van der Waals surface area contributed by atoms with Crippen LogP contribution in [0.2, 0.25) is 0 Å². The quantitative estimate of drug-likeness (QED) is 0.335. The third-order valence-corrected chi connectivity index (χ3v) is 4.00. The Morgan fingerprint density at radius 3 is 2.46 bits per heavy atom. The molecule has 5 nitrogen and oxygen atoms in total. The van der Waals surface area contributed by atoms with E-state index >= 15 is 0 Å². The number of fused-ring (bicyclic) bond motifs is 3. The number of nitrogens with one attached hydrogen (secondary N) is 1. The van der Waals surface area contributed by atoms with Gasteiger partial charge < -0.3 is 4.98 Å². The largest absolute Gasteiger partial charge is 0.354 e. The van der Waals surface area contributed by atoms with Gasteiger partial charge in [-0.1, -0.05) is 24.3 Å². The van der Waals surface area contributed by atoms with E-state index in [-0.39, 0.29) is 5.69 Å². The average molecular weight is 315 g/mol. The van der Waals surface area contributed by atoms with Crippen molar-refractivity contribution in [2.75, 3.05) is 0 Å². The number of nitro benzene ring substituents is 1. The molecule has 0 spiro atoms. The summed E-state index contributed by atoms with van der Waals surface area (Å²) >= 11 is 0. The summed E-state index contributed by atoms with van der Waals surface area (Å²) in [7, 11) is 0. The fraction of sp³-hybridized carbons (Fsp3) is 0. The van der Waals surface area contributed by atoms with Crippen LogP contribution in [-0.2, 0) is 0 Å². The lowest BCUT2D eigenvalue weighted by atomic mass is 10.1. The summed E-state index contributed by atoms with van der Waals surface area (Å²) in [6.07, 6.45) is 7.56. The highest BCUT2D eigenvalue weighted by molar-refractivity contribution is 6.07. The Morgan fingerprint density at radius 2 is 1.67 bits per heavy atom. The van der Waals surface area contributed by atoms with Crippen LogP contribution in [0.5, 0.6) is 0 Å². The number of non-ortho nitro benzene ring substituents is 1. The number of hydrogen-bond acceptors (Lipinski definition) is 3. The molecule has 0 radical (unpaired) electrons. The predicted molar refractivity (Wildman–Crippen MR) is 95.6 cm³/mol. The van der Waals surface area contributed by atoms with E-state index in [2.05, 4.69) is 22.1 Å². The Labute approximate surface area is 137 Å². The van der Waals surface area contributed by atoms with Crippen molar-refractivity contribution in [1.82, 2.24) is 9.97 Å². The van der Waals surface area contributed by atoms with Crippen LogP contribution in [0.1, 0.15) is 11.1 Å². The number of rotatable bonds is 3. The van der Waals surface area contributed by atoms with Gasteiger partial charge in [-0.3, -0.25) is 15.1 Å². The number of nitrogens with zero attached hydrogens (tertiary/aromatic N) is 2. The minimum absolute atomic E-state index is 0.0975. The molecule has 0 saturated heterocycles. The van der Waals surface area contributed by atoms with Crippen molar-refractivity contribution in [1.29, 1.82) is 0 Å². The maximum absolute atomic E-state index is 10.7. The number of H-pyrrole nitrogens is 1. The molecule has 2 heterocycles. The first-order valence-corrected chi connectivity index (χ1v) is 7.49. The average Bonchev–Trinajstić information content (AvgIpc) is 2.98. The topological polar surface area (TPSA) is 71.8 Å². The van der Waals surface area contributed by atoms with Crippen molar-refractivity contribution in [3.05, 3.63) is 82.2 Å². The molecule has 0 aliphatic carbocycles. The van der Waals surface area contributed by atoms with Gasteiger partial charge in [0.1, 0.15) is 0 Å². The van der Waals surface area contributed by atoms with Crippen molar-refractivity contribution in [2.24, 2.45) is 0 Å². The Kier molecular flexibility index (Phi) is 3.31. The van der Waals surface area contributed by atoms with Gasteiger partial charge >= 0.3 is 0 Å². The van der Waals surface area contributed by atoms with Gasteiger partial charge in [0, 0.05) is 46.3 Å². The molecule has 2 aromatic carbocycles. The summed E-state index contributed by atoms with van der Waals surface area (Å²) in [6, 6.07) is 14.7. The molecule has 1 N–H and O–H groups in total. The molecule has 0 bridgehead atoms. The highest BCUT2D eigenvalue weighted by Crippen LogP contribution is 2.25. The van der Waals surface area contributed by atoms with E-state index in [9.17, 15) is 10.1 Å². The number of aromatic amines is 1. The Morgan fingerprint density at radius 1 is 0.917 bits per heavy atom. The van der Waals surface area contributed by atoms with E-state index in [0.29, 0.717) is 0 Å². The van der Waals surface area contributed by atoms with Gasteiger partial charge in [-0.2, -0.15) is 0 Å². The summed E-state index contributed by atoms with van der Waals surface area (Å²) < 4.78 is 0.